The van der Waals surface area contributed by atoms with E-state index in [0.717, 1.165) is 18.5 Å². The van der Waals surface area contributed by atoms with Gasteiger partial charge in [0.1, 0.15) is 6.61 Å². The first-order valence-corrected chi connectivity index (χ1v) is 8.17. The van der Waals surface area contributed by atoms with Gasteiger partial charge >= 0.3 is 0 Å². The summed E-state index contributed by atoms with van der Waals surface area (Å²) in [6.45, 7) is 0.590. The molecule has 0 radical (unpaired) electrons. The highest BCUT2D eigenvalue weighted by Gasteiger charge is 2.16. The van der Waals surface area contributed by atoms with Crippen LogP contribution in [-0.2, 0) is 16.0 Å². The van der Waals surface area contributed by atoms with Crippen LogP contribution in [0.25, 0.3) is 0 Å². The molecular weight excluding hydrogens is 280 g/mol. The number of amides is 1. The van der Waals surface area contributed by atoms with Crippen molar-refractivity contribution in [1.82, 2.24) is 10.3 Å². The van der Waals surface area contributed by atoms with Crippen molar-refractivity contribution in [3.8, 4) is 0 Å². The van der Waals surface area contributed by atoms with Gasteiger partial charge in [-0.25, -0.2) is 0 Å². The van der Waals surface area contributed by atoms with Crippen LogP contribution in [0.3, 0.4) is 0 Å². The highest BCUT2D eigenvalue weighted by Crippen LogP contribution is 2.19. The molecule has 1 unspecified atom stereocenters. The van der Waals surface area contributed by atoms with Crippen molar-refractivity contribution in [2.24, 2.45) is 5.92 Å². The zero-order chi connectivity index (χ0) is 15.6. The lowest BCUT2D eigenvalue weighted by molar-refractivity contribution is -0.128. The van der Waals surface area contributed by atoms with Crippen LogP contribution in [-0.4, -0.2) is 41.9 Å². The summed E-state index contributed by atoms with van der Waals surface area (Å²) in [6.07, 6.45) is 8.42. The van der Waals surface area contributed by atoms with E-state index >= 15 is 0 Å². The molecule has 1 heterocycles. The van der Waals surface area contributed by atoms with Crippen LogP contribution in [0.1, 0.15) is 37.8 Å². The summed E-state index contributed by atoms with van der Waals surface area (Å²) in [5, 5.41) is 12.3. The van der Waals surface area contributed by atoms with Gasteiger partial charge in [0.15, 0.2) is 0 Å². The van der Waals surface area contributed by atoms with Crippen molar-refractivity contribution >= 4 is 5.91 Å². The average Bonchev–Trinajstić information content (AvgIpc) is 2.58. The largest absolute Gasteiger partial charge is 0.396 e. The Kier molecular flexibility index (Phi) is 7.33. The van der Waals surface area contributed by atoms with Crippen molar-refractivity contribution in [2.45, 2.75) is 44.6 Å². The number of hydrogen-bond donors (Lipinski definition) is 2. The SMILES string of the molecule is O=C(COC1CCCCC1)NCC(CO)Cc1ccccn1. The number of rotatable bonds is 8. The third-order valence-electron chi connectivity index (χ3n) is 4.07. The monoisotopic (exact) mass is 306 g/mol. The minimum absolute atomic E-state index is 0.0199. The first kappa shape index (κ1) is 16.9. The van der Waals surface area contributed by atoms with Crippen molar-refractivity contribution in [2.75, 3.05) is 19.8 Å². The lowest BCUT2D eigenvalue weighted by atomic mass is 9.98. The van der Waals surface area contributed by atoms with Crippen molar-refractivity contribution in [3.05, 3.63) is 30.1 Å². The second kappa shape index (κ2) is 9.54. The predicted molar refractivity (Wildman–Crippen MR) is 84.4 cm³/mol. The summed E-state index contributed by atoms with van der Waals surface area (Å²) in [6, 6.07) is 5.71. The average molecular weight is 306 g/mol. The summed E-state index contributed by atoms with van der Waals surface area (Å²) in [5.41, 5.74) is 0.925. The summed E-state index contributed by atoms with van der Waals surface area (Å²) in [4.78, 5) is 16.1. The van der Waals surface area contributed by atoms with Gasteiger partial charge in [-0.2, -0.15) is 0 Å². The molecule has 1 aromatic rings. The number of aromatic nitrogens is 1. The Morgan fingerprint density at radius 1 is 1.36 bits per heavy atom. The van der Waals surface area contributed by atoms with Crippen LogP contribution in [0.2, 0.25) is 0 Å². The van der Waals surface area contributed by atoms with Gasteiger partial charge in [-0.1, -0.05) is 25.3 Å². The molecule has 0 saturated heterocycles. The highest BCUT2D eigenvalue weighted by molar-refractivity contribution is 5.77. The molecule has 2 N–H and O–H groups in total. The third-order valence-corrected chi connectivity index (χ3v) is 4.07. The van der Waals surface area contributed by atoms with Gasteiger partial charge < -0.3 is 15.2 Å². The van der Waals surface area contributed by atoms with E-state index in [9.17, 15) is 9.90 Å². The number of aliphatic hydroxyl groups excluding tert-OH is 1. The minimum Gasteiger partial charge on any atom is -0.396 e. The van der Waals surface area contributed by atoms with Gasteiger partial charge in [0.2, 0.25) is 5.91 Å². The molecule has 0 spiro atoms. The Balaban J connectivity index is 1.65. The molecule has 1 saturated carbocycles. The van der Waals surface area contributed by atoms with Gasteiger partial charge in [-0.3, -0.25) is 9.78 Å². The maximum atomic E-state index is 11.8. The van der Waals surface area contributed by atoms with Gasteiger partial charge in [0.25, 0.3) is 0 Å². The summed E-state index contributed by atoms with van der Waals surface area (Å²) < 4.78 is 5.64. The van der Waals surface area contributed by atoms with Gasteiger partial charge in [0, 0.05) is 31.0 Å². The number of aliphatic hydroxyl groups is 1. The van der Waals surface area contributed by atoms with Crippen molar-refractivity contribution < 1.29 is 14.6 Å². The van der Waals surface area contributed by atoms with E-state index in [4.69, 9.17) is 4.74 Å². The van der Waals surface area contributed by atoms with Crippen LogP contribution in [0, 0.1) is 5.92 Å². The first-order valence-electron chi connectivity index (χ1n) is 8.17. The van der Waals surface area contributed by atoms with Crippen LogP contribution >= 0.6 is 0 Å². The molecule has 2 rings (SSSR count). The number of carbonyl (C=O) groups is 1. The molecule has 1 aromatic heterocycles. The van der Waals surface area contributed by atoms with Crippen LogP contribution in [0.4, 0.5) is 0 Å². The molecule has 122 valence electrons. The van der Waals surface area contributed by atoms with Gasteiger partial charge in [0.05, 0.1) is 6.10 Å². The Hall–Kier alpha value is -1.46. The Bertz CT molecular complexity index is 433. The zero-order valence-electron chi connectivity index (χ0n) is 13.0. The number of hydrogen-bond acceptors (Lipinski definition) is 4. The Labute approximate surface area is 132 Å². The highest BCUT2D eigenvalue weighted by atomic mass is 16.5. The molecule has 0 aromatic carbocycles. The number of nitrogens with zero attached hydrogens (tertiary/aromatic N) is 1. The second-order valence-electron chi connectivity index (χ2n) is 5.95. The van der Waals surface area contributed by atoms with Crippen LogP contribution < -0.4 is 5.32 Å². The molecule has 1 aliphatic rings. The van der Waals surface area contributed by atoms with E-state index in [1.165, 1.54) is 19.3 Å². The fourth-order valence-corrected chi connectivity index (χ4v) is 2.75. The molecule has 0 bridgehead atoms. The fourth-order valence-electron chi connectivity index (χ4n) is 2.75. The molecule has 0 aliphatic heterocycles. The van der Waals surface area contributed by atoms with Crippen molar-refractivity contribution in [3.63, 3.8) is 0 Å². The van der Waals surface area contributed by atoms with Crippen molar-refractivity contribution in [1.29, 1.82) is 0 Å². The molecule has 1 fully saturated rings. The number of ether oxygens (including phenoxy) is 1. The van der Waals surface area contributed by atoms with Gasteiger partial charge in [-0.05, 0) is 31.4 Å². The van der Waals surface area contributed by atoms with Crippen LogP contribution in [0.5, 0.6) is 0 Å². The minimum atomic E-state index is -0.106. The normalized spacial score (nSPS) is 17.1. The molecular formula is C17H26N2O3. The lowest BCUT2D eigenvalue weighted by Crippen LogP contribution is -2.35. The van der Waals surface area contributed by atoms with E-state index in [1.807, 2.05) is 18.2 Å². The molecule has 1 amide bonds. The smallest absolute Gasteiger partial charge is 0.246 e. The molecule has 1 aliphatic carbocycles. The van der Waals surface area contributed by atoms with E-state index in [1.54, 1.807) is 6.20 Å². The lowest BCUT2D eigenvalue weighted by Gasteiger charge is -2.22. The standard InChI is InChI=1S/C17H26N2O3/c20-12-14(10-15-6-4-5-9-18-15)11-19-17(21)13-22-16-7-2-1-3-8-16/h4-6,9,14,16,20H,1-3,7-8,10-13H2,(H,19,21). The summed E-state index contributed by atoms with van der Waals surface area (Å²) in [5.74, 6) is -0.126. The van der Waals surface area contributed by atoms with E-state index < -0.39 is 0 Å². The Morgan fingerprint density at radius 2 is 2.18 bits per heavy atom. The predicted octanol–water partition coefficient (Wildman–Crippen LogP) is 1.70. The molecule has 5 heteroatoms. The quantitative estimate of drug-likeness (QED) is 0.767. The maximum Gasteiger partial charge on any atom is 0.246 e. The third kappa shape index (κ3) is 6.12. The number of pyridine rings is 1. The Morgan fingerprint density at radius 3 is 2.86 bits per heavy atom. The summed E-state index contributed by atoms with van der Waals surface area (Å²) >= 11 is 0. The zero-order valence-corrected chi connectivity index (χ0v) is 13.0. The van der Waals surface area contributed by atoms with Gasteiger partial charge in [-0.15, -0.1) is 0 Å². The van der Waals surface area contributed by atoms with E-state index in [0.29, 0.717) is 13.0 Å². The van der Waals surface area contributed by atoms with E-state index in [-0.39, 0.29) is 31.1 Å². The summed E-state index contributed by atoms with van der Waals surface area (Å²) in [7, 11) is 0. The fraction of sp³-hybridized carbons (Fsp3) is 0.647. The van der Waals surface area contributed by atoms with Crippen LogP contribution in [0.15, 0.2) is 24.4 Å². The molecule has 1 atom stereocenters. The first-order chi connectivity index (χ1) is 10.8. The molecule has 22 heavy (non-hydrogen) atoms. The topological polar surface area (TPSA) is 71.5 Å². The molecule has 5 nitrogen and oxygen atoms in total. The maximum absolute atomic E-state index is 11.8. The number of carbonyl (C=O) groups excluding carboxylic acids is 1. The number of nitrogens with one attached hydrogen (secondary N) is 1. The van der Waals surface area contributed by atoms with E-state index in [2.05, 4.69) is 10.3 Å². The second-order valence-corrected chi connectivity index (χ2v) is 5.95.